The predicted octanol–water partition coefficient (Wildman–Crippen LogP) is 17.2. The molecule has 0 saturated heterocycles. The third-order valence-corrected chi connectivity index (χ3v) is 14.4. The number of para-hydroxylation sites is 2. The number of halogens is 5. The summed E-state index contributed by atoms with van der Waals surface area (Å²) < 4.78 is 87.8. The van der Waals surface area contributed by atoms with Gasteiger partial charge in [-0.3, -0.25) is 0 Å². The summed E-state index contributed by atoms with van der Waals surface area (Å²) in [5, 5.41) is 2.49. The Balaban J connectivity index is 1.06. The number of hydrogen-bond donors (Lipinski definition) is 0. The zero-order valence-electron chi connectivity index (χ0n) is 42.0. The van der Waals surface area contributed by atoms with Gasteiger partial charge < -0.3 is 9.13 Å². The van der Waals surface area contributed by atoms with Gasteiger partial charge in [-0.15, -0.1) is 0 Å². The molecule has 0 aliphatic rings. The molecule has 13 heteroatoms. The SMILES string of the molecule is Fc1cccc(F)c1-c1ccc(-n2c3ccccc3c3ccc(-c4nc(-c5ccccc5)nc(-c5ccccc5)n4)cc32)c(C(F)(F)F)c1-n1c2ccccc2c2ccc(-c3nc(-c4ccccc4)nc(-c4ccccc4)n3)cc21. The number of alkyl halides is 3. The summed E-state index contributed by atoms with van der Waals surface area (Å²) in [6, 6.07) is 68.9. The van der Waals surface area contributed by atoms with E-state index in [-0.39, 0.29) is 17.1 Å². The van der Waals surface area contributed by atoms with E-state index in [9.17, 15) is 0 Å². The lowest BCUT2D eigenvalue weighted by Crippen LogP contribution is -2.17. The van der Waals surface area contributed by atoms with Crippen molar-refractivity contribution in [2.45, 2.75) is 6.18 Å². The lowest BCUT2D eigenvalue weighted by molar-refractivity contribution is -0.137. The molecular formula is C67H39F5N8. The van der Waals surface area contributed by atoms with E-state index in [4.69, 9.17) is 29.9 Å². The first-order valence-corrected chi connectivity index (χ1v) is 25.6. The number of aromatic nitrogens is 8. The van der Waals surface area contributed by atoms with Gasteiger partial charge >= 0.3 is 6.18 Å². The normalized spacial score (nSPS) is 11.8. The van der Waals surface area contributed by atoms with E-state index in [0.717, 1.165) is 34.4 Å². The molecule has 0 N–H and O–H groups in total. The highest BCUT2D eigenvalue weighted by Gasteiger charge is 2.41. The van der Waals surface area contributed by atoms with Crippen LogP contribution in [0.5, 0.6) is 0 Å². The molecule has 0 unspecified atom stereocenters. The molecule has 0 radical (unpaired) electrons. The summed E-state index contributed by atoms with van der Waals surface area (Å²) in [5.41, 5.74) is 2.55. The molecule has 80 heavy (non-hydrogen) atoms. The van der Waals surface area contributed by atoms with E-state index in [1.165, 1.54) is 22.8 Å². The lowest BCUT2D eigenvalue weighted by atomic mass is 9.96. The monoisotopic (exact) mass is 1050 g/mol. The maximum atomic E-state index is 17.2. The topological polar surface area (TPSA) is 87.2 Å². The van der Waals surface area contributed by atoms with Crippen molar-refractivity contribution in [2.75, 3.05) is 0 Å². The Morgan fingerprint density at radius 2 is 0.650 bits per heavy atom. The number of hydrogen-bond acceptors (Lipinski definition) is 6. The summed E-state index contributed by atoms with van der Waals surface area (Å²) in [5.74, 6) is 0.0714. The van der Waals surface area contributed by atoms with Gasteiger partial charge in [-0.1, -0.05) is 188 Å². The Morgan fingerprint density at radius 3 is 1.06 bits per heavy atom. The van der Waals surface area contributed by atoms with Crippen LogP contribution >= 0.6 is 0 Å². The van der Waals surface area contributed by atoms with Crippen LogP contribution in [0.2, 0.25) is 0 Å². The number of rotatable bonds is 9. The first kappa shape index (κ1) is 47.9. The Bertz CT molecular complexity index is 4580. The molecule has 0 atom stereocenters. The van der Waals surface area contributed by atoms with Gasteiger partial charge in [-0.2, -0.15) is 13.2 Å². The predicted molar refractivity (Wildman–Crippen MR) is 305 cm³/mol. The van der Waals surface area contributed by atoms with Crippen molar-refractivity contribution in [1.29, 1.82) is 0 Å². The molecule has 382 valence electrons. The lowest BCUT2D eigenvalue weighted by Gasteiger charge is -2.24. The van der Waals surface area contributed by atoms with Crippen LogP contribution in [0.1, 0.15) is 5.56 Å². The van der Waals surface area contributed by atoms with Gasteiger partial charge in [-0.25, -0.2) is 38.7 Å². The molecule has 0 aliphatic heterocycles. The molecule has 0 saturated carbocycles. The fraction of sp³-hybridized carbons (Fsp3) is 0.0149. The molecule has 10 aromatic carbocycles. The first-order valence-electron chi connectivity index (χ1n) is 25.6. The highest BCUT2D eigenvalue weighted by Crippen LogP contribution is 2.49. The molecule has 8 nitrogen and oxygen atoms in total. The number of benzene rings is 10. The maximum absolute atomic E-state index is 17.2. The van der Waals surface area contributed by atoms with Crippen LogP contribution in [0.4, 0.5) is 22.0 Å². The van der Waals surface area contributed by atoms with Crippen molar-refractivity contribution in [3.63, 3.8) is 0 Å². The third-order valence-electron chi connectivity index (χ3n) is 14.4. The average Bonchev–Trinajstić information content (AvgIpc) is 3.66. The van der Waals surface area contributed by atoms with Crippen molar-refractivity contribution in [2.24, 2.45) is 0 Å². The summed E-state index contributed by atoms with van der Waals surface area (Å²) in [6.45, 7) is 0. The zero-order chi connectivity index (χ0) is 54.1. The largest absolute Gasteiger partial charge is 0.420 e. The van der Waals surface area contributed by atoms with Crippen LogP contribution in [-0.4, -0.2) is 39.0 Å². The molecule has 4 heterocycles. The highest BCUT2D eigenvalue weighted by molar-refractivity contribution is 6.12. The Morgan fingerprint density at radius 1 is 0.300 bits per heavy atom. The second-order valence-electron chi connectivity index (χ2n) is 19.2. The molecule has 0 spiro atoms. The Labute approximate surface area is 453 Å². The van der Waals surface area contributed by atoms with Crippen molar-refractivity contribution in [3.8, 4) is 90.8 Å². The minimum atomic E-state index is -5.17. The van der Waals surface area contributed by atoms with Gasteiger partial charge in [-0.05, 0) is 48.5 Å². The fourth-order valence-corrected chi connectivity index (χ4v) is 10.8. The fourth-order valence-electron chi connectivity index (χ4n) is 10.8. The molecule has 0 fully saturated rings. The number of fused-ring (bicyclic) bond motifs is 6. The van der Waals surface area contributed by atoms with E-state index in [1.807, 2.05) is 164 Å². The van der Waals surface area contributed by atoms with Gasteiger partial charge in [0.05, 0.1) is 39.0 Å². The standard InChI is InChI=1S/C67H39F5N8/c68-51-28-17-29-52(69)58(51)50-36-37-55(79-53-30-15-13-26-46(53)48-34-32-44(38-56(48)79)65-75-61(40-18-5-1-6-19-40)73-62(76-65)41-20-7-2-8-21-41)59(67(70,71)72)60(50)80-54-31-16-14-27-47(54)49-35-33-45(39-57(49)80)66-77-63(42-22-9-3-10-23-42)74-64(78-66)43-24-11-4-12-25-43/h1-39H. The van der Waals surface area contributed by atoms with Crippen LogP contribution in [0.3, 0.4) is 0 Å². The molecular weight excluding hydrogens is 1010 g/mol. The zero-order valence-corrected chi connectivity index (χ0v) is 42.0. The van der Waals surface area contributed by atoms with Gasteiger partial charge in [0.15, 0.2) is 34.9 Å². The summed E-state index contributed by atoms with van der Waals surface area (Å²) in [4.78, 5) is 29.5. The van der Waals surface area contributed by atoms with Gasteiger partial charge in [0.1, 0.15) is 17.2 Å². The van der Waals surface area contributed by atoms with Crippen LogP contribution in [0.15, 0.2) is 237 Å². The van der Waals surface area contributed by atoms with Crippen LogP contribution in [0, 0.1) is 11.6 Å². The van der Waals surface area contributed by atoms with Gasteiger partial charge in [0, 0.05) is 60.5 Å². The van der Waals surface area contributed by atoms with Gasteiger partial charge in [0.25, 0.3) is 0 Å². The maximum Gasteiger partial charge on any atom is 0.420 e. The molecule has 0 bridgehead atoms. The van der Waals surface area contributed by atoms with Crippen LogP contribution in [0.25, 0.3) is 134 Å². The summed E-state index contributed by atoms with van der Waals surface area (Å²) in [6.07, 6.45) is -5.17. The second kappa shape index (κ2) is 19.2. The number of nitrogens with zero attached hydrogens (tertiary/aromatic N) is 8. The van der Waals surface area contributed by atoms with Crippen molar-refractivity contribution < 1.29 is 22.0 Å². The first-order chi connectivity index (χ1) is 39.1. The van der Waals surface area contributed by atoms with Crippen LogP contribution < -0.4 is 0 Å². The molecule has 0 aliphatic carbocycles. The van der Waals surface area contributed by atoms with E-state index < -0.39 is 34.6 Å². The van der Waals surface area contributed by atoms with E-state index in [1.54, 1.807) is 47.0 Å². The summed E-state index contributed by atoms with van der Waals surface area (Å²) >= 11 is 0. The average molecular weight is 1050 g/mol. The molecule has 0 amide bonds. The van der Waals surface area contributed by atoms with Crippen molar-refractivity contribution in [3.05, 3.63) is 254 Å². The van der Waals surface area contributed by atoms with Crippen LogP contribution in [-0.2, 0) is 6.18 Å². The van der Waals surface area contributed by atoms with E-state index in [0.29, 0.717) is 83.9 Å². The summed E-state index contributed by atoms with van der Waals surface area (Å²) in [7, 11) is 0. The minimum Gasteiger partial charge on any atom is -0.309 e. The molecule has 14 aromatic rings. The Hall–Kier alpha value is -10.5. The molecule has 14 rings (SSSR count). The molecule has 4 aromatic heterocycles. The smallest absolute Gasteiger partial charge is 0.309 e. The highest BCUT2D eigenvalue weighted by atomic mass is 19.4. The quantitative estimate of drug-likeness (QED) is 0.134. The Kier molecular flexibility index (Phi) is 11.5. The second-order valence-corrected chi connectivity index (χ2v) is 19.2. The van der Waals surface area contributed by atoms with Crippen molar-refractivity contribution >= 4 is 43.6 Å². The van der Waals surface area contributed by atoms with Gasteiger partial charge in [0.2, 0.25) is 0 Å². The third kappa shape index (κ3) is 8.22. The van der Waals surface area contributed by atoms with E-state index in [2.05, 4.69) is 0 Å². The van der Waals surface area contributed by atoms with E-state index >= 15 is 22.0 Å². The minimum absolute atomic E-state index is 0.257. The van der Waals surface area contributed by atoms with Crippen molar-refractivity contribution in [1.82, 2.24) is 39.0 Å².